The van der Waals surface area contributed by atoms with Crippen molar-refractivity contribution in [2.45, 2.75) is 0 Å². The number of hydrogen-bond donors (Lipinski definition) is 2. The number of thiocarbonyl (C=S) groups is 1. The zero-order valence-electron chi connectivity index (χ0n) is 16.9. The Labute approximate surface area is 213 Å². The maximum atomic E-state index is 12.5. The van der Waals surface area contributed by atoms with Gasteiger partial charge in [0, 0.05) is 25.2 Å². The van der Waals surface area contributed by atoms with Gasteiger partial charge < -0.3 is 9.73 Å². The molecule has 0 spiro atoms. The number of amides is 1. The summed E-state index contributed by atoms with van der Waals surface area (Å²) in [6.07, 6.45) is 0. The first-order valence-corrected chi connectivity index (χ1v) is 11.8. The Balaban J connectivity index is 1.39. The average Bonchev–Trinajstić information content (AvgIpc) is 3.22. The van der Waals surface area contributed by atoms with Gasteiger partial charge in [-0.1, -0.05) is 48.0 Å². The van der Waals surface area contributed by atoms with E-state index in [1.54, 1.807) is 6.07 Å². The maximum Gasteiger partial charge on any atom is 0.258 e. The molecule has 0 atom stereocenters. The summed E-state index contributed by atoms with van der Waals surface area (Å²) in [5.74, 6) is 0.237. The molecule has 5 aromatic rings. The Morgan fingerprint density at radius 1 is 0.970 bits per heavy atom. The van der Waals surface area contributed by atoms with Gasteiger partial charge in [0.1, 0.15) is 5.52 Å². The van der Waals surface area contributed by atoms with Crippen molar-refractivity contribution in [2.24, 2.45) is 0 Å². The molecule has 0 saturated carbocycles. The third-order valence-corrected chi connectivity index (χ3v) is 6.56. The fraction of sp³-hybridized carbons (Fsp3) is 0. The number of oxazole rings is 1. The highest BCUT2D eigenvalue weighted by Gasteiger charge is 2.14. The summed E-state index contributed by atoms with van der Waals surface area (Å²) in [6, 6.07) is 24.4. The lowest BCUT2D eigenvalue weighted by atomic mass is 10.0. The molecular formula is C25H15ClIN3O2S. The molecule has 5 rings (SSSR count). The van der Waals surface area contributed by atoms with Gasteiger partial charge >= 0.3 is 0 Å². The first kappa shape index (κ1) is 21.8. The number of nitrogens with zero attached hydrogens (tertiary/aromatic N) is 1. The molecule has 0 bridgehead atoms. The SMILES string of the molecule is O=C(NC(=S)Nc1ccc2oc(-c3cccc4c(Cl)cccc34)nc2c1)c1ccccc1I. The number of hydrogen-bond acceptors (Lipinski definition) is 4. The number of fused-ring (bicyclic) bond motifs is 2. The molecular weight excluding hydrogens is 569 g/mol. The van der Waals surface area contributed by atoms with Crippen LogP contribution in [0.4, 0.5) is 5.69 Å². The highest BCUT2D eigenvalue weighted by atomic mass is 127. The summed E-state index contributed by atoms with van der Waals surface area (Å²) in [7, 11) is 0. The van der Waals surface area contributed by atoms with Crippen LogP contribution in [0.3, 0.4) is 0 Å². The summed E-state index contributed by atoms with van der Waals surface area (Å²) in [6.45, 7) is 0. The Kier molecular flexibility index (Phi) is 6.01. The predicted octanol–water partition coefficient (Wildman–Crippen LogP) is 7.03. The Morgan fingerprint density at radius 3 is 2.61 bits per heavy atom. The standard InChI is InChI=1S/C25H15ClIN3O2S/c26-19-9-4-6-15-16(19)7-3-8-17(15)24-29-21-13-14(11-12-22(21)32-24)28-25(33)30-23(31)18-5-1-2-10-20(18)27/h1-13H,(H2,28,30,31,33). The molecule has 0 saturated heterocycles. The first-order valence-electron chi connectivity index (χ1n) is 9.95. The zero-order valence-corrected chi connectivity index (χ0v) is 20.7. The summed E-state index contributed by atoms with van der Waals surface area (Å²) in [4.78, 5) is 17.2. The second kappa shape index (κ2) is 9.09. The molecule has 0 radical (unpaired) electrons. The van der Waals surface area contributed by atoms with Crippen LogP contribution in [0, 0.1) is 3.57 Å². The van der Waals surface area contributed by atoms with Crippen LogP contribution < -0.4 is 10.6 Å². The molecule has 1 aromatic heterocycles. The second-order valence-electron chi connectivity index (χ2n) is 7.23. The molecule has 0 aliphatic heterocycles. The molecule has 1 heterocycles. The predicted molar refractivity (Wildman–Crippen MR) is 145 cm³/mol. The average molecular weight is 584 g/mol. The van der Waals surface area contributed by atoms with Crippen molar-refractivity contribution in [1.29, 1.82) is 0 Å². The number of anilines is 1. The van der Waals surface area contributed by atoms with E-state index >= 15 is 0 Å². The van der Waals surface area contributed by atoms with Gasteiger partial charge in [-0.2, -0.15) is 0 Å². The number of carbonyl (C=O) groups excluding carboxylic acids is 1. The smallest absolute Gasteiger partial charge is 0.258 e. The summed E-state index contributed by atoms with van der Waals surface area (Å²) >= 11 is 13.8. The van der Waals surface area contributed by atoms with E-state index in [-0.39, 0.29) is 11.0 Å². The second-order valence-corrected chi connectivity index (χ2v) is 9.21. The van der Waals surface area contributed by atoms with E-state index in [0.717, 1.165) is 19.9 Å². The van der Waals surface area contributed by atoms with Gasteiger partial charge in [-0.25, -0.2) is 4.98 Å². The lowest BCUT2D eigenvalue weighted by Gasteiger charge is -2.10. The molecule has 4 aromatic carbocycles. The summed E-state index contributed by atoms with van der Waals surface area (Å²) in [5, 5.41) is 8.53. The minimum absolute atomic E-state index is 0.200. The monoisotopic (exact) mass is 583 g/mol. The molecule has 162 valence electrons. The lowest BCUT2D eigenvalue weighted by Crippen LogP contribution is -2.34. The highest BCUT2D eigenvalue weighted by Crippen LogP contribution is 2.33. The lowest BCUT2D eigenvalue weighted by molar-refractivity contribution is 0.0977. The summed E-state index contributed by atoms with van der Waals surface area (Å²) < 4.78 is 6.86. The Hall–Kier alpha value is -3.01. The first-order chi connectivity index (χ1) is 16.0. The molecule has 33 heavy (non-hydrogen) atoms. The Morgan fingerprint density at radius 2 is 1.76 bits per heavy atom. The van der Waals surface area contributed by atoms with Crippen LogP contribution in [-0.4, -0.2) is 16.0 Å². The molecule has 0 aliphatic carbocycles. The van der Waals surface area contributed by atoms with Crippen molar-refractivity contribution in [3.63, 3.8) is 0 Å². The third-order valence-electron chi connectivity index (χ3n) is 5.09. The van der Waals surface area contributed by atoms with E-state index in [2.05, 4.69) is 38.2 Å². The van der Waals surface area contributed by atoms with Crippen molar-refractivity contribution < 1.29 is 9.21 Å². The minimum atomic E-state index is -0.267. The third kappa shape index (κ3) is 4.44. The number of halogens is 2. The van der Waals surface area contributed by atoms with Gasteiger partial charge in [0.05, 0.1) is 5.56 Å². The van der Waals surface area contributed by atoms with E-state index in [1.807, 2.05) is 72.8 Å². The molecule has 0 unspecified atom stereocenters. The van der Waals surface area contributed by atoms with Crippen molar-refractivity contribution in [3.8, 4) is 11.5 Å². The van der Waals surface area contributed by atoms with Gasteiger partial charge in [-0.3, -0.25) is 10.1 Å². The molecule has 0 aliphatic rings. The van der Waals surface area contributed by atoms with Gasteiger partial charge in [0.2, 0.25) is 5.89 Å². The summed E-state index contributed by atoms with van der Waals surface area (Å²) in [5.41, 5.74) is 3.43. The minimum Gasteiger partial charge on any atom is -0.436 e. The molecule has 1 amide bonds. The molecule has 8 heteroatoms. The van der Waals surface area contributed by atoms with Crippen molar-refractivity contribution in [2.75, 3.05) is 5.32 Å². The zero-order chi connectivity index (χ0) is 22.9. The van der Waals surface area contributed by atoms with E-state index in [9.17, 15) is 4.79 Å². The van der Waals surface area contributed by atoms with E-state index < -0.39 is 0 Å². The molecule has 0 fully saturated rings. The van der Waals surface area contributed by atoms with Gasteiger partial charge in [-0.15, -0.1) is 0 Å². The van der Waals surface area contributed by atoms with Gasteiger partial charge in [0.25, 0.3) is 5.91 Å². The normalized spacial score (nSPS) is 11.0. The van der Waals surface area contributed by atoms with Gasteiger partial charge in [0.15, 0.2) is 10.7 Å². The quantitative estimate of drug-likeness (QED) is 0.176. The van der Waals surface area contributed by atoms with E-state index in [4.69, 9.17) is 28.2 Å². The van der Waals surface area contributed by atoms with E-state index in [1.165, 1.54) is 0 Å². The number of carbonyl (C=O) groups is 1. The van der Waals surface area contributed by atoms with Crippen LogP contribution in [-0.2, 0) is 0 Å². The fourth-order valence-corrected chi connectivity index (χ4v) is 4.64. The number of nitrogens with one attached hydrogen (secondary N) is 2. The highest BCUT2D eigenvalue weighted by molar-refractivity contribution is 14.1. The van der Waals surface area contributed by atoms with E-state index in [0.29, 0.717) is 33.3 Å². The Bertz CT molecular complexity index is 1550. The maximum absolute atomic E-state index is 12.5. The van der Waals surface area contributed by atoms with Crippen LogP contribution in [0.2, 0.25) is 5.02 Å². The number of aromatic nitrogens is 1. The molecule has 5 nitrogen and oxygen atoms in total. The topological polar surface area (TPSA) is 67.2 Å². The van der Waals surface area contributed by atoms with Crippen molar-refractivity contribution >= 4 is 85.0 Å². The van der Waals surface area contributed by atoms with Crippen LogP contribution in [0.5, 0.6) is 0 Å². The van der Waals surface area contributed by atoms with Crippen LogP contribution in [0.25, 0.3) is 33.3 Å². The van der Waals surface area contributed by atoms with Crippen LogP contribution in [0.1, 0.15) is 10.4 Å². The number of benzene rings is 4. The van der Waals surface area contributed by atoms with Gasteiger partial charge in [-0.05, 0) is 82.7 Å². The molecule has 2 N–H and O–H groups in total. The van der Waals surface area contributed by atoms with Crippen molar-refractivity contribution in [1.82, 2.24) is 10.3 Å². The van der Waals surface area contributed by atoms with Crippen LogP contribution in [0.15, 0.2) is 83.3 Å². The fourth-order valence-electron chi connectivity index (χ4n) is 3.56. The number of rotatable bonds is 3. The van der Waals surface area contributed by atoms with Crippen LogP contribution >= 0.6 is 46.4 Å². The van der Waals surface area contributed by atoms with Crippen molar-refractivity contribution in [3.05, 3.63) is 93.0 Å². The largest absolute Gasteiger partial charge is 0.436 e.